The second-order valence-corrected chi connectivity index (χ2v) is 4.11. The van der Waals surface area contributed by atoms with Crippen molar-refractivity contribution in [2.75, 3.05) is 6.61 Å². The largest absolute Gasteiger partial charge is 0.480 e. The number of carbonyl (C=O) groups is 2. The molecule has 0 radical (unpaired) electrons. The number of carbonyl (C=O) groups excluding carboxylic acids is 1. The third-order valence-electron chi connectivity index (χ3n) is 1.60. The highest BCUT2D eigenvalue weighted by Gasteiger charge is 2.30. The van der Waals surface area contributed by atoms with Crippen molar-refractivity contribution in [3.05, 3.63) is 0 Å². The summed E-state index contributed by atoms with van der Waals surface area (Å²) < 4.78 is 4.69. The predicted molar refractivity (Wildman–Crippen MR) is 44.1 cm³/mol. The lowest BCUT2D eigenvalue weighted by Gasteiger charge is -2.08. The number of hydrogen-bond acceptors (Lipinski definition) is 4. The Kier molecular flexibility index (Phi) is 2.97. The van der Waals surface area contributed by atoms with Crippen LogP contribution in [-0.4, -0.2) is 34.2 Å². The van der Waals surface area contributed by atoms with Gasteiger partial charge in [-0.1, -0.05) is 0 Å². The second kappa shape index (κ2) is 3.80. The predicted octanol–water partition coefficient (Wildman–Crippen LogP) is 0.508. The Morgan fingerprint density at radius 2 is 2.50 bits per heavy atom. The van der Waals surface area contributed by atoms with Gasteiger partial charge < -0.3 is 9.84 Å². The highest BCUT2D eigenvalue weighted by Crippen LogP contribution is 2.25. The minimum Gasteiger partial charge on any atom is -0.480 e. The van der Waals surface area contributed by atoms with Gasteiger partial charge in [0, 0.05) is 6.42 Å². The quantitative estimate of drug-likeness (QED) is 0.657. The first-order valence-corrected chi connectivity index (χ1v) is 4.60. The van der Waals surface area contributed by atoms with E-state index in [4.69, 9.17) is 9.84 Å². The minimum atomic E-state index is -0.889. The normalized spacial score (nSPS) is 25.1. The van der Waals surface area contributed by atoms with Crippen molar-refractivity contribution in [3.8, 4) is 0 Å². The zero-order chi connectivity index (χ0) is 9.14. The molecule has 1 fully saturated rings. The molecular formula is C7H10O4S. The van der Waals surface area contributed by atoms with Crippen LogP contribution in [-0.2, 0) is 14.3 Å². The Morgan fingerprint density at radius 3 is 2.92 bits per heavy atom. The maximum absolute atomic E-state index is 10.9. The van der Waals surface area contributed by atoms with E-state index < -0.39 is 11.2 Å². The first-order valence-electron chi connectivity index (χ1n) is 3.66. The van der Waals surface area contributed by atoms with Crippen molar-refractivity contribution in [1.29, 1.82) is 0 Å². The summed E-state index contributed by atoms with van der Waals surface area (Å²) in [5, 5.41) is 7.73. The Bertz CT molecular complexity index is 204. The molecule has 1 heterocycles. The first-order chi connectivity index (χ1) is 5.61. The molecule has 0 aromatic carbocycles. The number of hydrogen-bond donors (Lipinski definition) is 1. The van der Waals surface area contributed by atoms with Crippen LogP contribution in [0, 0.1) is 0 Å². The average molecular weight is 190 g/mol. The third-order valence-corrected chi connectivity index (χ3v) is 2.97. The second-order valence-electron chi connectivity index (χ2n) is 2.56. The molecule has 2 unspecified atom stereocenters. The molecule has 0 bridgehead atoms. The molecule has 4 nitrogen and oxygen atoms in total. The Labute approximate surface area is 74.3 Å². The van der Waals surface area contributed by atoms with E-state index in [1.165, 1.54) is 0 Å². The van der Waals surface area contributed by atoms with Crippen LogP contribution in [0.25, 0.3) is 0 Å². The number of carboxylic acid groups (broad SMARTS) is 1. The molecule has 0 aromatic rings. The van der Waals surface area contributed by atoms with Crippen LogP contribution < -0.4 is 0 Å². The van der Waals surface area contributed by atoms with Crippen LogP contribution in [0.4, 0.5) is 0 Å². The van der Waals surface area contributed by atoms with Gasteiger partial charge in [-0.3, -0.25) is 9.59 Å². The molecule has 1 aliphatic rings. The zero-order valence-corrected chi connectivity index (χ0v) is 7.47. The van der Waals surface area contributed by atoms with E-state index in [1.807, 2.05) is 0 Å². The summed E-state index contributed by atoms with van der Waals surface area (Å²) in [4.78, 5) is 21.3. The average Bonchev–Trinajstić information content (AvgIpc) is 2.36. The molecule has 1 aliphatic heterocycles. The van der Waals surface area contributed by atoms with Gasteiger partial charge in [0.15, 0.2) is 0 Å². The van der Waals surface area contributed by atoms with E-state index in [0.717, 1.165) is 11.8 Å². The molecule has 2 atom stereocenters. The smallest absolute Gasteiger partial charge is 0.319 e. The van der Waals surface area contributed by atoms with Crippen molar-refractivity contribution >= 4 is 23.7 Å². The molecule has 0 spiro atoms. The summed E-state index contributed by atoms with van der Waals surface area (Å²) in [5.74, 6) is -1.17. The summed E-state index contributed by atoms with van der Waals surface area (Å²) in [6.07, 6.45) is 0.626. The van der Waals surface area contributed by atoms with Gasteiger partial charge in [-0.25, -0.2) is 0 Å². The van der Waals surface area contributed by atoms with E-state index in [-0.39, 0.29) is 11.2 Å². The zero-order valence-electron chi connectivity index (χ0n) is 6.65. The summed E-state index contributed by atoms with van der Waals surface area (Å²) >= 11 is 1.15. The molecule has 0 aliphatic carbocycles. The SMILES string of the molecule is CC(SC1CCOC1=O)C(=O)O. The van der Waals surface area contributed by atoms with Crippen LogP contribution >= 0.6 is 11.8 Å². The van der Waals surface area contributed by atoms with Crippen molar-refractivity contribution in [2.24, 2.45) is 0 Å². The highest BCUT2D eigenvalue weighted by atomic mass is 32.2. The molecule has 0 amide bonds. The summed E-state index contributed by atoms with van der Waals surface area (Å²) in [7, 11) is 0. The topological polar surface area (TPSA) is 63.6 Å². The van der Waals surface area contributed by atoms with Gasteiger partial charge in [-0.05, 0) is 6.92 Å². The number of ether oxygens (including phenoxy) is 1. The minimum absolute atomic E-state index is 0.281. The lowest BCUT2D eigenvalue weighted by Crippen LogP contribution is -2.19. The molecule has 68 valence electrons. The Morgan fingerprint density at radius 1 is 1.83 bits per heavy atom. The van der Waals surface area contributed by atoms with E-state index >= 15 is 0 Å². The van der Waals surface area contributed by atoms with E-state index in [1.54, 1.807) is 6.92 Å². The fourth-order valence-electron chi connectivity index (χ4n) is 0.906. The van der Waals surface area contributed by atoms with E-state index in [9.17, 15) is 9.59 Å². The number of carboxylic acids is 1. The summed E-state index contributed by atoms with van der Waals surface area (Å²) in [5.41, 5.74) is 0. The van der Waals surface area contributed by atoms with Crippen LogP contribution in [0.5, 0.6) is 0 Å². The van der Waals surface area contributed by atoms with Gasteiger partial charge in [-0.15, -0.1) is 11.8 Å². The molecule has 1 rings (SSSR count). The standard InChI is InChI=1S/C7H10O4S/c1-4(6(8)9)12-5-2-3-11-7(5)10/h4-5H,2-3H2,1H3,(H,8,9). The number of thioether (sulfide) groups is 1. The lowest BCUT2D eigenvalue weighted by atomic mass is 10.4. The fourth-order valence-corrected chi connectivity index (χ4v) is 1.93. The van der Waals surface area contributed by atoms with Crippen LogP contribution in [0.1, 0.15) is 13.3 Å². The van der Waals surface area contributed by atoms with Gasteiger partial charge in [-0.2, -0.15) is 0 Å². The van der Waals surface area contributed by atoms with Crippen molar-refractivity contribution < 1.29 is 19.4 Å². The molecule has 0 aromatic heterocycles. The monoisotopic (exact) mass is 190 g/mol. The van der Waals surface area contributed by atoms with Crippen molar-refractivity contribution in [1.82, 2.24) is 0 Å². The molecule has 1 saturated heterocycles. The van der Waals surface area contributed by atoms with E-state index in [0.29, 0.717) is 13.0 Å². The fraction of sp³-hybridized carbons (Fsp3) is 0.714. The molecule has 1 N–H and O–H groups in total. The number of rotatable bonds is 3. The highest BCUT2D eigenvalue weighted by molar-refractivity contribution is 8.01. The molecule has 0 saturated carbocycles. The van der Waals surface area contributed by atoms with Crippen LogP contribution in [0.15, 0.2) is 0 Å². The molecule has 12 heavy (non-hydrogen) atoms. The van der Waals surface area contributed by atoms with Crippen LogP contribution in [0.2, 0.25) is 0 Å². The number of esters is 1. The van der Waals surface area contributed by atoms with Gasteiger partial charge >= 0.3 is 11.9 Å². The number of cyclic esters (lactones) is 1. The molecular weight excluding hydrogens is 180 g/mol. The molecule has 5 heteroatoms. The van der Waals surface area contributed by atoms with Gasteiger partial charge in [0.25, 0.3) is 0 Å². The third kappa shape index (κ3) is 2.14. The van der Waals surface area contributed by atoms with Crippen molar-refractivity contribution in [2.45, 2.75) is 23.8 Å². The Balaban J connectivity index is 2.40. The summed E-state index contributed by atoms with van der Waals surface area (Å²) in [6, 6.07) is 0. The Hall–Kier alpha value is -0.710. The van der Waals surface area contributed by atoms with Crippen LogP contribution in [0.3, 0.4) is 0 Å². The number of aliphatic carboxylic acids is 1. The van der Waals surface area contributed by atoms with E-state index in [2.05, 4.69) is 0 Å². The summed E-state index contributed by atoms with van der Waals surface area (Å²) in [6.45, 7) is 1.99. The lowest BCUT2D eigenvalue weighted by molar-refractivity contribution is -0.137. The van der Waals surface area contributed by atoms with Gasteiger partial charge in [0.1, 0.15) is 10.5 Å². The first kappa shape index (κ1) is 9.38. The van der Waals surface area contributed by atoms with Gasteiger partial charge in [0.05, 0.1) is 6.61 Å². The van der Waals surface area contributed by atoms with Crippen molar-refractivity contribution in [3.63, 3.8) is 0 Å². The van der Waals surface area contributed by atoms with Gasteiger partial charge in [0.2, 0.25) is 0 Å². The maximum Gasteiger partial charge on any atom is 0.319 e. The maximum atomic E-state index is 10.9.